The van der Waals surface area contributed by atoms with Crippen LogP contribution in [0.2, 0.25) is 0 Å². The van der Waals surface area contributed by atoms with E-state index in [0.29, 0.717) is 13.1 Å². The summed E-state index contributed by atoms with van der Waals surface area (Å²) in [5.41, 5.74) is 6.12. The van der Waals surface area contributed by atoms with Gasteiger partial charge in [-0.05, 0) is 18.4 Å². The maximum Gasteiger partial charge on any atom is 0.314 e. The van der Waals surface area contributed by atoms with E-state index in [0.717, 1.165) is 18.4 Å². The molecule has 0 bridgehead atoms. The molecule has 2 atom stereocenters. The zero-order valence-corrected chi connectivity index (χ0v) is 11.9. The van der Waals surface area contributed by atoms with Crippen LogP contribution in [0.4, 0.5) is 4.79 Å². The number of nitrogens with two attached hydrogens (primary N) is 1. The number of amides is 3. The van der Waals surface area contributed by atoms with Crippen LogP contribution in [-0.2, 0) is 4.79 Å². The first-order chi connectivity index (χ1) is 10.1. The van der Waals surface area contributed by atoms with Gasteiger partial charge in [-0.3, -0.25) is 4.79 Å². The van der Waals surface area contributed by atoms with Gasteiger partial charge in [-0.15, -0.1) is 0 Å². The molecule has 0 saturated carbocycles. The van der Waals surface area contributed by atoms with Crippen LogP contribution in [0.15, 0.2) is 30.3 Å². The van der Waals surface area contributed by atoms with Crippen LogP contribution in [0.3, 0.4) is 0 Å². The number of nitrogens with one attached hydrogen (secondary N) is 1. The number of aliphatic hydroxyl groups excluding tert-OH is 1. The molecule has 1 heterocycles. The highest BCUT2D eigenvalue weighted by molar-refractivity contribution is 5.80. The number of piperidine rings is 1. The van der Waals surface area contributed by atoms with E-state index in [1.54, 1.807) is 0 Å². The third-order valence-corrected chi connectivity index (χ3v) is 3.80. The third kappa shape index (κ3) is 3.95. The zero-order valence-electron chi connectivity index (χ0n) is 11.9. The first-order valence-corrected chi connectivity index (χ1v) is 7.12. The summed E-state index contributed by atoms with van der Waals surface area (Å²) < 4.78 is 0. The van der Waals surface area contributed by atoms with E-state index in [1.165, 1.54) is 4.90 Å². The summed E-state index contributed by atoms with van der Waals surface area (Å²) >= 11 is 0. The Morgan fingerprint density at radius 1 is 1.38 bits per heavy atom. The van der Waals surface area contributed by atoms with Crippen LogP contribution in [0.1, 0.15) is 24.4 Å². The van der Waals surface area contributed by atoms with Gasteiger partial charge in [0, 0.05) is 13.1 Å². The van der Waals surface area contributed by atoms with Gasteiger partial charge in [0.15, 0.2) is 0 Å². The van der Waals surface area contributed by atoms with Gasteiger partial charge in [-0.2, -0.15) is 0 Å². The second kappa shape index (κ2) is 7.08. The third-order valence-electron chi connectivity index (χ3n) is 3.80. The molecule has 1 aromatic rings. The van der Waals surface area contributed by atoms with E-state index in [1.807, 2.05) is 30.3 Å². The van der Waals surface area contributed by atoms with Crippen molar-refractivity contribution in [3.8, 4) is 0 Å². The SMILES string of the molecule is NC(=O)N1CCCC(C(=O)NC(CO)c2ccccc2)C1. The fraction of sp³-hybridized carbons (Fsp3) is 0.467. The first-order valence-electron chi connectivity index (χ1n) is 7.12. The molecular weight excluding hydrogens is 270 g/mol. The molecule has 2 unspecified atom stereocenters. The van der Waals surface area contributed by atoms with E-state index < -0.39 is 12.1 Å². The fourth-order valence-electron chi connectivity index (χ4n) is 2.60. The number of rotatable bonds is 4. The molecule has 4 N–H and O–H groups in total. The Balaban J connectivity index is 1.98. The first kappa shape index (κ1) is 15.3. The number of urea groups is 1. The molecule has 2 rings (SSSR count). The number of hydrogen-bond acceptors (Lipinski definition) is 3. The lowest BCUT2D eigenvalue weighted by atomic mass is 9.96. The number of hydrogen-bond donors (Lipinski definition) is 3. The molecule has 1 saturated heterocycles. The van der Waals surface area contributed by atoms with E-state index in [-0.39, 0.29) is 18.4 Å². The minimum absolute atomic E-state index is 0.149. The predicted octanol–water partition coefficient (Wildman–Crippen LogP) is 0.627. The number of primary amides is 1. The molecule has 0 aliphatic carbocycles. The lowest BCUT2D eigenvalue weighted by Crippen LogP contribution is -2.48. The normalized spacial score (nSPS) is 19.9. The fourth-order valence-corrected chi connectivity index (χ4v) is 2.60. The molecule has 0 radical (unpaired) electrons. The van der Waals surface area contributed by atoms with E-state index >= 15 is 0 Å². The molecule has 114 valence electrons. The highest BCUT2D eigenvalue weighted by atomic mass is 16.3. The second-order valence-electron chi connectivity index (χ2n) is 5.28. The standard InChI is InChI=1S/C15H21N3O3/c16-15(21)18-8-4-7-12(9-18)14(20)17-13(10-19)11-5-2-1-3-6-11/h1-3,5-6,12-13,19H,4,7-10H2,(H2,16,21)(H,17,20). The van der Waals surface area contributed by atoms with Crippen LogP contribution in [0.25, 0.3) is 0 Å². The van der Waals surface area contributed by atoms with Crippen LogP contribution in [-0.4, -0.2) is 41.6 Å². The Kier molecular flexibility index (Phi) is 5.16. The molecule has 6 heteroatoms. The average molecular weight is 291 g/mol. The maximum absolute atomic E-state index is 12.3. The Bertz CT molecular complexity index is 492. The van der Waals surface area contributed by atoms with Gasteiger partial charge in [0.05, 0.1) is 18.6 Å². The number of nitrogens with zero attached hydrogens (tertiary/aromatic N) is 1. The quantitative estimate of drug-likeness (QED) is 0.759. The van der Waals surface area contributed by atoms with Crippen LogP contribution < -0.4 is 11.1 Å². The Morgan fingerprint density at radius 3 is 2.71 bits per heavy atom. The molecule has 6 nitrogen and oxygen atoms in total. The largest absolute Gasteiger partial charge is 0.394 e. The monoisotopic (exact) mass is 291 g/mol. The minimum atomic E-state index is -0.491. The zero-order chi connectivity index (χ0) is 15.2. The maximum atomic E-state index is 12.3. The molecule has 0 spiro atoms. The summed E-state index contributed by atoms with van der Waals surface area (Å²) in [5.74, 6) is -0.423. The van der Waals surface area contributed by atoms with Crippen molar-refractivity contribution in [2.45, 2.75) is 18.9 Å². The molecule has 1 aliphatic heterocycles. The van der Waals surface area contributed by atoms with Gasteiger partial charge in [0.1, 0.15) is 0 Å². The summed E-state index contributed by atoms with van der Waals surface area (Å²) in [5, 5.41) is 12.3. The highest BCUT2D eigenvalue weighted by Crippen LogP contribution is 2.19. The van der Waals surface area contributed by atoms with E-state index in [2.05, 4.69) is 5.32 Å². The number of carbonyl (C=O) groups is 2. The Labute approximate surface area is 123 Å². The summed E-state index contributed by atoms with van der Waals surface area (Å²) in [6.45, 7) is 0.775. The predicted molar refractivity (Wildman–Crippen MR) is 78.3 cm³/mol. The average Bonchev–Trinajstić information content (AvgIpc) is 2.53. The minimum Gasteiger partial charge on any atom is -0.394 e. The second-order valence-corrected chi connectivity index (χ2v) is 5.28. The molecule has 1 aromatic carbocycles. The molecule has 1 fully saturated rings. The highest BCUT2D eigenvalue weighted by Gasteiger charge is 2.28. The molecule has 3 amide bonds. The Hall–Kier alpha value is -2.08. The molecular formula is C15H21N3O3. The van der Waals surface area contributed by atoms with E-state index in [4.69, 9.17) is 5.73 Å². The number of aliphatic hydroxyl groups is 1. The van der Waals surface area contributed by atoms with Gasteiger partial charge in [0.2, 0.25) is 5.91 Å². The van der Waals surface area contributed by atoms with Crippen molar-refractivity contribution < 1.29 is 14.7 Å². The van der Waals surface area contributed by atoms with E-state index in [9.17, 15) is 14.7 Å². The Morgan fingerprint density at radius 2 is 2.10 bits per heavy atom. The van der Waals surface area contributed by atoms with Gasteiger partial charge >= 0.3 is 6.03 Å². The topological polar surface area (TPSA) is 95.7 Å². The molecule has 1 aliphatic rings. The van der Waals surface area contributed by atoms with Crippen molar-refractivity contribution in [3.05, 3.63) is 35.9 Å². The van der Waals surface area contributed by atoms with Crippen molar-refractivity contribution in [2.24, 2.45) is 11.7 Å². The number of carbonyl (C=O) groups excluding carboxylic acids is 2. The van der Waals surface area contributed by atoms with Crippen LogP contribution >= 0.6 is 0 Å². The van der Waals surface area contributed by atoms with Crippen molar-refractivity contribution in [2.75, 3.05) is 19.7 Å². The van der Waals surface area contributed by atoms with Gasteiger partial charge < -0.3 is 21.1 Å². The van der Waals surface area contributed by atoms with Crippen molar-refractivity contribution in [3.63, 3.8) is 0 Å². The summed E-state index contributed by atoms with van der Waals surface area (Å²) in [4.78, 5) is 25.0. The summed E-state index contributed by atoms with van der Waals surface area (Å²) in [7, 11) is 0. The van der Waals surface area contributed by atoms with Crippen LogP contribution in [0, 0.1) is 5.92 Å². The van der Waals surface area contributed by atoms with Gasteiger partial charge in [0.25, 0.3) is 0 Å². The van der Waals surface area contributed by atoms with Gasteiger partial charge in [-0.1, -0.05) is 30.3 Å². The molecule has 21 heavy (non-hydrogen) atoms. The van der Waals surface area contributed by atoms with Crippen molar-refractivity contribution in [1.29, 1.82) is 0 Å². The number of benzene rings is 1. The summed E-state index contributed by atoms with van der Waals surface area (Å²) in [6, 6.07) is 8.40. The van der Waals surface area contributed by atoms with Crippen LogP contribution in [0.5, 0.6) is 0 Å². The smallest absolute Gasteiger partial charge is 0.314 e. The molecule has 0 aromatic heterocycles. The van der Waals surface area contributed by atoms with Crippen molar-refractivity contribution >= 4 is 11.9 Å². The van der Waals surface area contributed by atoms with Gasteiger partial charge in [-0.25, -0.2) is 4.79 Å². The lowest BCUT2D eigenvalue weighted by Gasteiger charge is -2.31. The lowest BCUT2D eigenvalue weighted by molar-refractivity contribution is -0.127. The van der Waals surface area contributed by atoms with Crippen molar-refractivity contribution in [1.82, 2.24) is 10.2 Å². The number of likely N-dealkylation sites (tertiary alicyclic amines) is 1. The summed E-state index contributed by atoms with van der Waals surface area (Å²) in [6.07, 6.45) is 1.48.